The molecule has 1 saturated heterocycles. The third-order valence-corrected chi connectivity index (χ3v) is 9.80. The van der Waals surface area contributed by atoms with Gasteiger partial charge in [-0.3, -0.25) is 19.0 Å². The first-order chi connectivity index (χ1) is 21.5. The molecule has 2 aliphatic heterocycles. The number of para-hydroxylation sites is 1. The van der Waals surface area contributed by atoms with E-state index in [1.54, 1.807) is 18.0 Å². The molecule has 230 valence electrons. The van der Waals surface area contributed by atoms with Crippen LogP contribution in [-0.4, -0.2) is 63.6 Å². The molecule has 45 heavy (non-hydrogen) atoms. The Kier molecular flexibility index (Phi) is 6.56. The van der Waals surface area contributed by atoms with Gasteiger partial charge in [-0.25, -0.2) is 9.37 Å². The molecule has 2 atom stereocenters. The summed E-state index contributed by atoms with van der Waals surface area (Å²) >= 11 is 6.84. The van der Waals surface area contributed by atoms with E-state index in [0.717, 1.165) is 18.4 Å². The number of likely N-dealkylation sites (N-methyl/N-ethyl adjacent to an activating group) is 1. The number of fused-ring (bicyclic) bond motifs is 5. The van der Waals surface area contributed by atoms with Crippen LogP contribution >= 0.6 is 11.6 Å². The molecule has 0 unspecified atom stereocenters. The first-order valence-corrected chi connectivity index (χ1v) is 15.2. The molecule has 0 bridgehead atoms. The number of carbonyl (C=O) groups is 2. The minimum atomic E-state index is -0.771. The van der Waals surface area contributed by atoms with E-state index in [1.807, 2.05) is 36.1 Å². The number of pyridine rings is 2. The molecule has 2 amide bonds. The highest BCUT2D eigenvalue weighted by Gasteiger charge is 2.47. The lowest BCUT2D eigenvalue weighted by atomic mass is 9.95. The summed E-state index contributed by atoms with van der Waals surface area (Å²) in [5.41, 5.74) is 1.57. The summed E-state index contributed by atoms with van der Waals surface area (Å²) in [7, 11) is 1.56. The average Bonchev–Trinajstić information content (AvgIpc) is 3.77. The fourth-order valence-electron chi connectivity index (χ4n) is 6.82. The standard InChI is InChI=1S/C34H31ClFN5O4/c1-5-26(43)39-17-24-32(44)38(4)30-29(40(24)16-18(39)2)19-15-21(35)28(27-22(36)10-8-12-25(27)42)37-31(19)41(33(30)45)23-11-7-6-9-20(23)34(3)13-14-34/h5-12,15,18,24,42H,1,13-14,16-17H2,2-4H3/t18-,24-/m1/s1. The molecule has 1 N–H and O–H groups in total. The van der Waals surface area contributed by atoms with Gasteiger partial charge in [-0.15, -0.1) is 0 Å². The number of carbonyl (C=O) groups excluding carboxylic acids is 2. The van der Waals surface area contributed by atoms with Crippen LogP contribution in [-0.2, 0) is 15.0 Å². The predicted molar refractivity (Wildman–Crippen MR) is 172 cm³/mol. The molecule has 11 heteroatoms. The molecule has 3 aliphatic rings. The summed E-state index contributed by atoms with van der Waals surface area (Å²) in [5, 5.41) is 11.2. The highest BCUT2D eigenvalue weighted by molar-refractivity contribution is 6.34. The van der Waals surface area contributed by atoms with Gasteiger partial charge in [0.1, 0.15) is 28.9 Å². The third-order valence-electron chi connectivity index (χ3n) is 9.51. The van der Waals surface area contributed by atoms with Crippen LogP contribution in [0.3, 0.4) is 0 Å². The van der Waals surface area contributed by atoms with E-state index in [9.17, 15) is 19.5 Å². The number of phenols is 1. The van der Waals surface area contributed by atoms with Gasteiger partial charge in [-0.05, 0) is 61.1 Å². The zero-order valence-corrected chi connectivity index (χ0v) is 25.8. The number of halogens is 2. The van der Waals surface area contributed by atoms with Crippen LogP contribution in [0.5, 0.6) is 5.75 Å². The second kappa shape index (κ2) is 10.2. The number of amides is 2. The highest BCUT2D eigenvalue weighted by Crippen LogP contribution is 2.50. The fraction of sp³-hybridized carbons (Fsp3) is 0.294. The Balaban J connectivity index is 1.58. The third kappa shape index (κ3) is 4.26. The van der Waals surface area contributed by atoms with Crippen LogP contribution in [0.2, 0.25) is 5.02 Å². The van der Waals surface area contributed by atoms with Crippen LogP contribution in [0.25, 0.3) is 28.0 Å². The summed E-state index contributed by atoms with van der Waals surface area (Å²) in [6.45, 7) is 7.98. The van der Waals surface area contributed by atoms with Gasteiger partial charge >= 0.3 is 0 Å². The number of piperazine rings is 1. The maximum Gasteiger partial charge on any atom is 0.282 e. The van der Waals surface area contributed by atoms with Crippen molar-refractivity contribution < 1.29 is 19.1 Å². The van der Waals surface area contributed by atoms with Crippen LogP contribution in [0, 0.1) is 5.82 Å². The lowest BCUT2D eigenvalue weighted by molar-refractivity contribution is -0.130. The largest absolute Gasteiger partial charge is 0.507 e. The van der Waals surface area contributed by atoms with Crippen molar-refractivity contribution in [2.75, 3.05) is 29.9 Å². The molecule has 9 nitrogen and oxygen atoms in total. The number of aromatic hydroxyl groups is 1. The van der Waals surface area contributed by atoms with E-state index < -0.39 is 17.4 Å². The number of aromatic nitrogens is 2. The number of nitrogens with zero attached hydrogens (tertiary/aromatic N) is 5. The van der Waals surface area contributed by atoms with Crippen molar-refractivity contribution in [1.82, 2.24) is 14.5 Å². The molecule has 7 rings (SSSR count). The van der Waals surface area contributed by atoms with E-state index in [-0.39, 0.29) is 69.7 Å². The molecule has 4 aromatic rings. The number of phenolic OH excluding ortho intramolecular Hbond substituents is 1. The molecule has 2 fully saturated rings. The smallest absolute Gasteiger partial charge is 0.282 e. The Morgan fingerprint density at radius 3 is 2.56 bits per heavy atom. The first kappa shape index (κ1) is 29.0. The van der Waals surface area contributed by atoms with Gasteiger partial charge in [0, 0.05) is 25.0 Å². The normalized spacial score (nSPS) is 20.2. The predicted octanol–water partition coefficient (Wildman–Crippen LogP) is 5.17. The molecule has 1 aliphatic carbocycles. The van der Waals surface area contributed by atoms with Crippen LogP contribution in [0.1, 0.15) is 32.3 Å². The number of rotatable bonds is 4. The van der Waals surface area contributed by atoms with E-state index in [4.69, 9.17) is 16.6 Å². The quantitative estimate of drug-likeness (QED) is 0.314. The Bertz CT molecular complexity index is 2000. The van der Waals surface area contributed by atoms with Gasteiger partial charge in [-0.2, -0.15) is 0 Å². The van der Waals surface area contributed by atoms with Gasteiger partial charge in [0.2, 0.25) is 5.91 Å². The topological polar surface area (TPSA) is 99.0 Å². The van der Waals surface area contributed by atoms with Crippen molar-refractivity contribution in [1.29, 1.82) is 0 Å². The molecule has 4 heterocycles. The van der Waals surface area contributed by atoms with Crippen molar-refractivity contribution in [3.8, 4) is 22.7 Å². The van der Waals surface area contributed by atoms with Crippen LogP contribution in [0.4, 0.5) is 15.8 Å². The molecule has 2 aromatic carbocycles. The summed E-state index contributed by atoms with van der Waals surface area (Å²) in [5.74, 6) is -1.67. The molecular weight excluding hydrogens is 597 g/mol. The second-order valence-electron chi connectivity index (χ2n) is 12.3. The monoisotopic (exact) mass is 627 g/mol. The van der Waals surface area contributed by atoms with E-state index in [0.29, 0.717) is 16.8 Å². The van der Waals surface area contributed by atoms with Crippen molar-refractivity contribution in [3.05, 3.63) is 87.9 Å². The summed E-state index contributed by atoms with van der Waals surface area (Å²) in [6.07, 6.45) is 3.12. The van der Waals surface area contributed by atoms with E-state index >= 15 is 4.39 Å². The Morgan fingerprint density at radius 1 is 1.13 bits per heavy atom. The van der Waals surface area contributed by atoms with E-state index in [1.165, 1.54) is 33.7 Å². The van der Waals surface area contributed by atoms with Crippen LogP contribution < -0.4 is 15.4 Å². The van der Waals surface area contributed by atoms with Gasteiger partial charge in [-0.1, -0.05) is 49.4 Å². The fourth-order valence-corrected chi connectivity index (χ4v) is 7.07. The van der Waals surface area contributed by atoms with Gasteiger partial charge in [0.15, 0.2) is 0 Å². The second-order valence-corrected chi connectivity index (χ2v) is 12.8. The number of hydrogen-bond donors (Lipinski definition) is 1. The van der Waals surface area contributed by atoms with Crippen molar-refractivity contribution in [2.24, 2.45) is 0 Å². The number of hydrogen-bond acceptors (Lipinski definition) is 6. The Labute approximate surface area is 263 Å². The summed E-state index contributed by atoms with van der Waals surface area (Å²) in [4.78, 5) is 51.0. The van der Waals surface area contributed by atoms with Gasteiger partial charge < -0.3 is 19.8 Å². The van der Waals surface area contributed by atoms with Crippen molar-refractivity contribution in [3.63, 3.8) is 0 Å². The number of benzene rings is 2. The molecular formula is C34H31ClFN5O4. The van der Waals surface area contributed by atoms with Crippen molar-refractivity contribution in [2.45, 2.75) is 44.2 Å². The SMILES string of the molecule is C=CC(=O)N1C[C@@H]2C(=O)N(C)c3c(c4cc(Cl)c(-c5c(O)cccc5F)nc4n(-c4ccccc4C4(C)CC4)c3=O)N2C[C@H]1C. The van der Waals surface area contributed by atoms with Gasteiger partial charge in [0.05, 0.1) is 34.2 Å². The number of anilines is 2. The van der Waals surface area contributed by atoms with Crippen LogP contribution in [0.15, 0.2) is 66.0 Å². The summed E-state index contributed by atoms with van der Waals surface area (Å²) in [6, 6.07) is 12.1. The zero-order chi connectivity index (χ0) is 31.9. The molecule has 2 aromatic heterocycles. The molecule has 0 radical (unpaired) electrons. The summed E-state index contributed by atoms with van der Waals surface area (Å²) < 4.78 is 16.7. The zero-order valence-electron chi connectivity index (χ0n) is 25.1. The highest BCUT2D eigenvalue weighted by atomic mass is 35.5. The lowest BCUT2D eigenvalue weighted by Crippen LogP contribution is -2.66. The average molecular weight is 628 g/mol. The Hall–Kier alpha value is -4.70. The lowest BCUT2D eigenvalue weighted by Gasteiger charge is -2.49. The maximum atomic E-state index is 15.2. The van der Waals surface area contributed by atoms with Crippen molar-refractivity contribution >= 4 is 45.8 Å². The maximum absolute atomic E-state index is 15.2. The molecule has 0 spiro atoms. The Morgan fingerprint density at radius 2 is 1.87 bits per heavy atom. The minimum Gasteiger partial charge on any atom is -0.507 e. The van der Waals surface area contributed by atoms with E-state index in [2.05, 4.69) is 13.5 Å². The minimum absolute atomic E-state index is 0.0189. The first-order valence-electron chi connectivity index (χ1n) is 14.8. The van der Waals surface area contributed by atoms with Gasteiger partial charge in [0.25, 0.3) is 11.5 Å². The molecule has 1 saturated carbocycles.